The number of ether oxygens (including phenoxy) is 2. The molecule has 5 amide bonds. The van der Waals surface area contributed by atoms with Crippen LogP contribution in [0.4, 0.5) is 4.79 Å². The number of hydrogen-bond donors (Lipinski definition) is 7. The van der Waals surface area contributed by atoms with Crippen molar-refractivity contribution in [1.82, 2.24) is 26.6 Å². The molecule has 2 aromatic carbocycles. The van der Waals surface area contributed by atoms with Crippen molar-refractivity contribution in [3.8, 4) is 0 Å². The Morgan fingerprint density at radius 1 is 0.603 bits per heavy atom. The molecule has 15 heteroatoms. The van der Waals surface area contributed by atoms with Crippen LogP contribution in [0.2, 0.25) is 0 Å². The van der Waals surface area contributed by atoms with E-state index >= 15 is 0 Å². The maximum atomic E-state index is 14.1. The Labute approximate surface area is 342 Å². The summed E-state index contributed by atoms with van der Waals surface area (Å²) < 4.78 is 10.1. The summed E-state index contributed by atoms with van der Waals surface area (Å²) in [4.78, 5) is 78.9. The number of aliphatic hydroxyl groups is 2. The molecule has 0 fully saturated rings. The van der Waals surface area contributed by atoms with E-state index in [-0.39, 0.29) is 37.5 Å². The molecule has 0 radical (unpaired) electrons. The fraction of sp³-hybridized carbons (Fsp3) is 0.581. The van der Waals surface area contributed by atoms with Gasteiger partial charge in [-0.25, -0.2) is 4.79 Å². The molecule has 0 aromatic heterocycles. The lowest BCUT2D eigenvalue weighted by atomic mass is 9.95. The molecule has 15 nitrogen and oxygen atoms in total. The zero-order chi connectivity index (χ0) is 43.6. The highest BCUT2D eigenvalue weighted by Gasteiger charge is 2.33. The molecule has 0 unspecified atom stereocenters. The number of carbonyl (C=O) groups excluding carboxylic acids is 6. The third-order valence-corrected chi connectivity index (χ3v) is 9.01. The minimum Gasteiger partial charge on any atom is -0.469 e. The summed E-state index contributed by atoms with van der Waals surface area (Å²) in [7, 11) is 1.20. The number of carbonyl (C=O) groups is 6. The molecule has 58 heavy (non-hydrogen) atoms. The third-order valence-electron chi connectivity index (χ3n) is 9.01. The van der Waals surface area contributed by atoms with Crippen molar-refractivity contribution >= 4 is 35.7 Å². The summed E-state index contributed by atoms with van der Waals surface area (Å²) in [6.45, 7) is 14.1. The van der Waals surface area contributed by atoms with Crippen molar-refractivity contribution in [2.24, 2.45) is 11.8 Å². The Balaban J connectivity index is 2.25. The number of methoxy groups -OCH3 is 1. The molecule has 2 aromatic rings. The normalized spacial score (nSPS) is 15.1. The molecular formula is C43H65N5O10. The molecule has 0 aliphatic rings. The molecule has 0 spiro atoms. The summed E-state index contributed by atoms with van der Waals surface area (Å²) in [5.74, 6) is -3.12. The maximum Gasteiger partial charge on any atom is 0.408 e. The van der Waals surface area contributed by atoms with E-state index < -0.39 is 90.1 Å². The monoisotopic (exact) mass is 811 g/mol. The fourth-order valence-corrected chi connectivity index (χ4v) is 6.17. The zero-order valence-corrected chi connectivity index (χ0v) is 35.4. The van der Waals surface area contributed by atoms with Gasteiger partial charge in [0.2, 0.25) is 23.6 Å². The van der Waals surface area contributed by atoms with Crippen LogP contribution in [0.25, 0.3) is 0 Å². The summed E-state index contributed by atoms with van der Waals surface area (Å²) in [6.07, 6.45) is -3.37. The van der Waals surface area contributed by atoms with Gasteiger partial charge in [0.25, 0.3) is 0 Å². The lowest BCUT2D eigenvalue weighted by Crippen LogP contribution is -2.58. The predicted molar refractivity (Wildman–Crippen MR) is 219 cm³/mol. The van der Waals surface area contributed by atoms with E-state index in [1.54, 1.807) is 45.0 Å². The van der Waals surface area contributed by atoms with Gasteiger partial charge in [-0.3, -0.25) is 24.0 Å². The van der Waals surface area contributed by atoms with Gasteiger partial charge < -0.3 is 46.3 Å². The fourth-order valence-electron chi connectivity index (χ4n) is 6.17. The number of esters is 1. The average Bonchev–Trinajstić information content (AvgIpc) is 3.13. The van der Waals surface area contributed by atoms with E-state index in [2.05, 4.69) is 31.3 Å². The van der Waals surface area contributed by atoms with Crippen LogP contribution in [0.1, 0.15) is 92.2 Å². The van der Waals surface area contributed by atoms with Gasteiger partial charge in [0.1, 0.15) is 23.7 Å². The summed E-state index contributed by atoms with van der Waals surface area (Å²) in [5.41, 5.74) is 0.678. The van der Waals surface area contributed by atoms with Crippen LogP contribution in [-0.4, -0.2) is 101 Å². The quantitative estimate of drug-likeness (QED) is 0.0862. The Morgan fingerprint density at radius 2 is 1.03 bits per heavy atom. The molecule has 0 saturated carbocycles. The predicted octanol–water partition coefficient (Wildman–Crippen LogP) is 3.09. The van der Waals surface area contributed by atoms with E-state index in [0.717, 1.165) is 11.1 Å². The molecule has 2 rings (SSSR count). The number of aliphatic hydroxyl groups excluding tert-OH is 2. The van der Waals surface area contributed by atoms with Crippen LogP contribution in [0.5, 0.6) is 0 Å². The number of nitrogens with one attached hydrogen (secondary N) is 5. The van der Waals surface area contributed by atoms with Gasteiger partial charge in [-0.2, -0.15) is 0 Å². The van der Waals surface area contributed by atoms with Crippen LogP contribution in [0.15, 0.2) is 60.7 Å². The van der Waals surface area contributed by atoms with Crippen molar-refractivity contribution < 1.29 is 48.5 Å². The van der Waals surface area contributed by atoms with E-state index in [9.17, 15) is 39.0 Å². The highest BCUT2D eigenvalue weighted by Crippen LogP contribution is 2.15. The van der Waals surface area contributed by atoms with E-state index in [0.29, 0.717) is 6.42 Å². The van der Waals surface area contributed by atoms with Crippen molar-refractivity contribution in [1.29, 1.82) is 0 Å². The first-order chi connectivity index (χ1) is 27.2. The lowest BCUT2D eigenvalue weighted by Gasteiger charge is -2.29. The van der Waals surface area contributed by atoms with Crippen LogP contribution >= 0.6 is 0 Å². The van der Waals surface area contributed by atoms with Crippen molar-refractivity contribution in [3.63, 3.8) is 0 Å². The lowest BCUT2D eigenvalue weighted by molar-refractivity contribution is -0.144. The molecule has 322 valence electrons. The molecule has 7 atom stereocenters. The van der Waals surface area contributed by atoms with Gasteiger partial charge in [0.15, 0.2) is 0 Å². The number of amides is 5. The first kappa shape index (κ1) is 49.1. The highest BCUT2D eigenvalue weighted by atomic mass is 16.6. The molecule has 0 aliphatic heterocycles. The molecule has 0 saturated heterocycles. The van der Waals surface area contributed by atoms with Crippen molar-refractivity contribution in [3.05, 3.63) is 71.8 Å². The highest BCUT2D eigenvalue weighted by molar-refractivity contribution is 5.92. The maximum absolute atomic E-state index is 14.1. The first-order valence-electron chi connectivity index (χ1n) is 19.9. The second-order valence-electron chi connectivity index (χ2n) is 16.5. The van der Waals surface area contributed by atoms with Crippen LogP contribution in [0, 0.1) is 11.8 Å². The SMILES string of the molecule is COC(=O)C[C@H](O)[C@H](CC(C)C)NC(=O)[C@H](C)NC(=O)C[C@H](O)[C@H](CC(C)C)NC(=O)[C@H](Cc1ccccc1)NC(=O)[C@H](Cc1ccccc1)NC(=O)OC(C)(C)C. The van der Waals surface area contributed by atoms with Gasteiger partial charge in [-0.15, -0.1) is 0 Å². The zero-order valence-electron chi connectivity index (χ0n) is 35.4. The molecule has 0 heterocycles. The molecular weight excluding hydrogens is 746 g/mol. The second-order valence-corrected chi connectivity index (χ2v) is 16.5. The topological polar surface area (TPSA) is 221 Å². The van der Waals surface area contributed by atoms with Crippen molar-refractivity contribution in [2.45, 2.75) is 142 Å². The van der Waals surface area contributed by atoms with Gasteiger partial charge >= 0.3 is 12.1 Å². The van der Waals surface area contributed by atoms with Gasteiger partial charge in [-0.1, -0.05) is 88.4 Å². The van der Waals surface area contributed by atoms with E-state index in [1.165, 1.54) is 14.0 Å². The Hall–Kier alpha value is -5.02. The second kappa shape index (κ2) is 24.0. The van der Waals surface area contributed by atoms with Gasteiger partial charge in [0, 0.05) is 12.8 Å². The van der Waals surface area contributed by atoms with E-state index in [4.69, 9.17) is 4.74 Å². The average molecular weight is 812 g/mol. The number of hydrogen-bond acceptors (Lipinski definition) is 10. The minimum atomic E-state index is -1.38. The standard InChI is InChI=1S/C43H65N5O10/c1-26(2)20-31(35(49)24-37(51)44-28(5)39(53)45-32(21-27(3)4)36(50)25-38(52)57-9)46-40(54)33(22-29-16-12-10-13-17-29)47-41(55)34(23-30-18-14-11-15-19-30)48-42(56)58-43(6,7)8/h10-19,26-28,31-36,49-50H,20-25H2,1-9H3,(H,44,51)(H,45,53)(H,46,54)(H,47,55)(H,48,56)/t28-,31-,32-,33-,34-,35-,36-/m0/s1. The summed E-state index contributed by atoms with van der Waals surface area (Å²) >= 11 is 0. The number of rotatable bonds is 22. The van der Waals surface area contributed by atoms with Gasteiger partial charge in [0.05, 0.1) is 44.2 Å². The van der Waals surface area contributed by atoms with Crippen molar-refractivity contribution in [2.75, 3.05) is 7.11 Å². The molecule has 7 N–H and O–H groups in total. The summed E-state index contributed by atoms with van der Waals surface area (Å²) in [5, 5.41) is 35.5. The Bertz CT molecular complexity index is 1620. The van der Waals surface area contributed by atoms with Crippen LogP contribution < -0.4 is 26.6 Å². The Morgan fingerprint density at radius 3 is 1.48 bits per heavy atom. The van der Waals surface area contributed by atoms with Crippen LogP contribution in [0.3, 0.4) is 0 Å². The smallest absolute Gasteiger partial charge is 0.408 e. The van der Waals surface area contributed by atoms with Gasteiger partial charge in [-0.05, 0) is 63.5 Å². The summed E-state index contributed by atoms with van der Waals surface area (Å²) in [6, 6.07) is 13.1. The largest absolute Gasteiger partial charge is 0.469 e. The molecule has 0 bridgehead atoms. The third kappa shape index (κ3) is 18.9. The molecule has 0 aliphatic carbocycles. The Kier molecular flexibility index (Phi) is 20.4. The minimum absolute atomic E-state index is 0.0301. The van der Waals surface area contributed by atoms with Crippen LogP contribution in [-0.2, 0) is 46.3 Å². The first-order valence-corrected chi connectivity index (χ1v) is 19.9. The number of benzene rings is 2. The van der Waals surface area contributed by atoms with E-state index in [1.807, 2.05) is 64.1 Å². The number of alkyl carbamates (subject to hydrolysis) is 1.